The zero-order valence-corrected chi connectivity index (χ0v) is 19.7. The van der Waals surface area contributed by atoms with Crippen LogP contribution in [0.5, 0.6) is 0 Å². The molecule has 3 aliphatic rings. The summed E-state index contributed by atoms with van der Waals surface area (Å²) >= 11 is 6.02. The number of carbonyl (C=O) groups is 3. The first kappa shape index (κ1) is 23.1. The minimum Gasteiger partial charge on any atom is -0.335 e. The molecule has 2 saturated carbocycles. The Hall–Kier alpha value is -2.08. The Kier molecular flexibility index (Phi) is 7.08. The van der Waals surface area contributed by atoms with Gasteiger partial charge in [0.15, 0.2) is 0 Å². The highest BCUT2D eigenvalue weighted by atomic mass is 35.5. The summed E-state index contributed by atoms with van der Waals surface area (Å²) in [6.07, 6.45) is 11.5. The van der Waals surface area contributed by atoms with Crippen molar-refractivity contribution in [2.45, 2.75) is 95.2 Å². The highest BCUT2D eigenvalue weighted by Gasteiger charge is 2.52. The maximum absolute atomic E-state index is 13.6. The summed E-state index contributed by atoms with van der Waals surface area (Å²) in [6.45, 7) is 1.68. The minimum absolute atomic E-state index is 0.0877. The smallest absolute Gasteiger partial charge is 0.325 e. The second-order valence-corrected chi connectivity index (χ2v) is 9.91. The van der Waals surface area contributed by atoms with E-state index in [2.05, 4.69) is 10.2 Å². The largest absolute Gasteiger partial charge is 0.335 e. The summed E-state index contributed by atoms with van der Waals surface area (Å²) in [5.41, 5.74) is -0.461. The lowest BCUT2D eigenvalue weighted by molar-refractivity contribution is -0.143. The average Bonchev–Trinajstić information content (AvgIpc) is 3.06. The Bertz CT molecular complexity index is 828. The third kappa shape index (κ3) is 4.39. The monoisotopic (exact) mass is 459 g/mol. The molecule has 1 unspecified atom stereocenters. The maximum atomic E-state index is 13.6. The number of hydrogen-bond donors (Lipinski definition) is 1. The predicted octanol–water partition coefficient (Wildman–Crippen LogP) is 4.99. The molecule has 1 N–H and O–H groups in total. The first-order chi connectivity index (χ1) is 15.5. The van der Waals surface area contributed by atoms with Gasteiger partial charge in [0.2, 0.25) is 5.91 Å². The van der Waals surface area contributed by atoms with E-state index in [4.69, 9.17) is 11.6 Å². The molecule has 4 amide bonds. The molecular formula is C25H34ClN3O3. The normalized spacial score (nSPS) is 25.1. The van der Waals surface area contributed by atoms with Crippen molar-refractivity contribution in [1.29, 1.82) is 0 Å². The number of hydrogen-bond acceptors (Lipinski definition) is 3. The third-order valence-electron chi connectivity index (χ3n) is 7.56. The summed E-state index contributed by atoms with van der Waals surface area (Å²) in [4.78, 5) is 43.2. The Morgan fingerprint density at radius 3 is 2.03 bits per heavy atom. The van der Waals surface area contributed by atoms with Crippen molar-refractivity contribution in [3.05, 3.63) is 34.9 Å². The van der Waals surface area contributed by atoms with E-state index in [0.29, 0.717) is 17.0 Å². The van der Waals surface area contributed by atoms with Gasteiger partial charge in [0.25, 0.3) is 5.91 Å². The number of amides is 4. The fourth-order valence-corrected chi connectivity index (χ4v) is 5.91. The van der Waals surface area contributed by atoms with Crippen molar-refractivity contribution in [2.24, 2.45) is 0 Å². The van der Waals surface area contributed by atoms with Crippen LogP contribution in [0.15, 0.2) is 24.3 Å². The van der Waals surface area contributed by atoms with Gasteiger partial charge in [0, 0.05) is 17.1 Å². The predicted molar refractivity (Wildman–Crippen MR) is 124 cm³/mol. The van der Waals surface area contributed by atoms with Crippen LogP contribution in [0.25, 0.3) is 0 Å². The topological polar surface area (TPSA) is 69.7 Å². The molecule has 1 heterocycles. The molecule has 6 nitrogen and oxygen atoms in total. The second-order valence-electron chi connectivity index (χ2n) is 9.47. The van der Waals surface area contributed by atoms with Crippen LogP contribution < -0.4 is 5.32 Å². The van der Waals surface area contributed by atoms with Crippen LogP contribution in [-0.4, -0.2) is 46.3 Å². The molecule has 0 spiro atoms. The average molecular weight is 460 g/mol. The number of carbonyl (C=O) groups excluding carboxylic acids is 3. The van der Waals surface area contributed by atoms with Gasteiger partial charge in [-0.3, -0.25) is 14.5 Å². The van der Waals surface area contributed by atoms with Gasteiger partial charge in [-0.15, -0.1) is 0 Å². The molecule has 32 heavy (non-hydrogen) atoms. The van der Waals surface area contributed by atoms with Crippen LogP contribution in [-0.2, 0) is 15.1 Å². The molecule has 0 bridgehead atoms. The molecule has 1 aromatic rings. The Morgan fingerprint density at radius 2 is 1.53 bits per heavy atom. The van der Waals surface area contributed by atoms with Crippen molar-refractivity contribution in [3.63, 3.8) is 0 Å². The lowest BCUT2D eigenvalue weighted by Gasteiger charge is -2.42. The number of nitrogens with one attached hydrogen (secondary N) is 1. The Labute approximate surface area is 195 Å². The van der Waals surface area contributed by atoms with E-state index >= 15 is 0 Å². The standard InChI is InChI=1S/C25H34ClN3O3/c1-2-25(18-13-15-19(26)16-14-18)23(31)28(24(32)27-25)17-22(30)29(20-9-5-3-6-10-20)21-11-7-4-8-12-21/h13-16,20-21H,2-12,17H2,1H3,(H,27,32). The van der Waals surface area contributed by atoms with E-state index in [1.54, 1.807) is 24.3 Å². The van der Waals surface area contributed by atoms with Crippen LogP contribution in [0.4, 0.5) is 4.79 Å². The van der Waals surface area contributed by atoms with E-state index in [9.17, 15) is 14.4 Å². The molecule has 4 rings (SSSR count). The molecule has 1 aromatic carbocycles. The summed E-state index contributed by atoms with van der Waals surface area (Å²) in [6, 6.07) is 6.94. The second kappa shape index (κ2) is 9.82. The van der Waals surface area contributed by atoms with Crippen LogP contribution in [0.3, 0.4) is 0 Å². The highest BCUT2D eigenvalue weighted by Crippen LogP contribution is 2.34. The van der Waals surface area contributed by atoms with Gasteiger partial charge < -0.3 is 10.2 Å². The van der Waals surface area contributed by atoms with E-state index in [-0.39, 0.29) is 30.4 Å². The van der Waals surface area contributed by atoms with Gasteiger partial charge >= 0.3 is 6.03 Å². The summed E-state index contributed by atoms with van der Waals surface area (Å²) in [5, 5.41) is 3.45. The van der Waals surface area contributed by atoms with Crippen molar-refractivity contribution >= 4 is 29.4 Å². The SMILES string of the molecule is CCC1(c2ccc(Cl)cc2)NC(=O)N(CC(=O)N(C2CCCCC2)C2CCCCC2)C1=O. The number of rotatable bonds is 6. The molecule has 1 atom stereocenters. The van der Waals surface area contributed by atoms with Crippen LogP contribution in [0.2, 0.25) is 5.02 Å². The summed E-state index contributed by atoms with van der Waals surface area (Å²) < 4.78 is 0. The zero-order valence-electron chi connectivity index (χ0n) is 18.9. The quantitative estimate of drug-likeness (QED) is 0.609. The number of halogens is 1. The van der Waals surface area contributed by atoms with E-state index in [1.807, 2.05) is 6.92 Å². The summed E-state index contributed by atoms with van der Waals surface area (Å²) in [7, 11) is 0. The molecule has 3 fully saturated rings. The molecule has 2 aliphatic carbocycles. The molecule has 0 aromatic heterocycles. The number of benzene rings is 1. The summed E-state index contributed by atoms with van der Waals surface area (Å²) in [5.74, 6) is -0.441. The van der Waals surface area contributed by atoms with E-state index in [1.165, 1.54) is 12.8 Å². The minimum atomic E-state index is -1.15. The van der Waals surface area contributed by atoms with Gasteiger partial charge in [0.1, 0.15) is 12.1 Å². The maximum Gasteiger partial charge on any atom is 0.325 e. The van der Waals surface area contributed by atoms with Gasteiger partial charge in [-0.2, -0.15) is 0 Å². The molecule has 174 valence electrons. The van der Waals surface area contributed by atoms with Crippen LogP contribution in [0, 0.1) is 0 Å². The molecule has 0 radical (unpaired) electrons. The Balaban J connectivity index is 1.55. The van der Waals surface area contributed by atoms with Crippen molar-refractivity contribution in [1.82, 2.24) is 15.1 Å². The fourth-order valence-electron chi connectivity index (χ4n) is 5.78. The van der Waals surface area contributed by atoms with Crippen molar-refractivity contribution < 1.29 is 14.4 Å². The van der Waals surface area contributed by atoms with Crippen molar-refractivity contribution in [3.8, 4) is 0 Å². The van der Waals surface area contributed by atoms with Crippen LogP contribution >= 0.6 is 11.6 Å². The molecular weight excluding hydrogens is 426 g/mol. The number of nitrogens with zero attached hydrogens (tertiary/aromatic N) is 2. The first-order valence-corrected chi connectivity index (χ1v) is 12.6. The third-order valence-corrected chi connectivity index (χ3v) is 7.81. The lowest BCUT2D eigenvalue weighted by Crippen LogP contribution is -2.53. The molecule has 1 saturated heterocycles. The fraction of sp³-hybridized carbons (Fsp3) is 0.640. The van der Waals surface area contributed by atoms with E-state index in [0.717, 1.165) is 56.3 Å². The lowest BCUT2D eigenvalue weighted by atomic mass is 9.87. The van der Waals surface area contributed by atoms with E-state index < -0.39 is 11.6 Å². The number of imide groups is 1. The molecule has 7 heteroatoms. The van der Waals surface area contributed by atoms with Gasteiger partial charge in [-0.05, 0) is 49.8 Å². The first-order valence-electron chi connectivity index (χ1n) is 12.2. The van der Waals surface area contributed by atoms with Gasteiger partial charge in [0.05, 0.1) is 0 Å². The number of urea groups is 1. The Morgan fingerprint density at radius 1 is 1.00 bits per heavy atom. The molecule has 1 aliphatic heterocycles. The van der Waals surface area contributed by atoms with Crippen molar-refractivity contribution in [2.75, 3.05) is 6.54 Å². The van der Waals surface area contributed by atoms with Gasteiger partial charge in [-0.1, -0.05) is 69.2 Å². The van der Waals surface area contributed by atoms with Crippen LogP contribution in [0.1, 0.15) is 83.1 Å². The zero-order chi connectivity index (χ0) is 22.7. The van der Waals surface area contributed by atoms with Gasteiger partial charge in [-0.25, -0.2) is 4.79 Å². The highest BCUT2D eigenvalue weighted by molar-refractivity contribution is 6.30.